The van der Waals surface area contributed by atoms with Gasteiger partial charge in [0, 0.05) is 19.1 Å². The lowest BCUT2D eigenvalue weighted by molar-refractivity contribution is -0.0326. The zero-order valence-electron chi connectivity index (χ0n) is 8.45. The number of aliphatic hydroxyl groups is 1. The molecule has 14 heavy (non-hydrogen) atoms. The predicted molar refractivity (Wildman–Crippen MR) is 52.7 cm³/mol. The molecule has 0 aromatic carbocycles. The Morgan fingerprint density at radius 3 is 2.57 bits per heavy atom. The van der Waals surface area contributed by atoms with Crippen molar-refractivity contribution in [3.8, 4) is 0 Å². The molecule has 82 valence electrons. The molecule has 0 bridgehead atoms. The molecule has 2 aliphatic rings. The van der Waals surface area contributed by atoms with E-state index in [0.29, 0.717) is 0 Å². The van der Waals surface area contributed by atoms with Gasteiger partial charge in [0.25, 0.3) is 0 Å². The van der Waals surface area contributed by atoms with Crippen LogP contribution in [0.3, 0.4) is 0 Å². The molecule has 0 radical (unpaired) electrons. The minimum Gasteiger partial charge on any atom is -0.387 e. The first kappa shape index (κ1) is 10.3. The average molecular weight is 202 g/mol. The Bertz CT molecular complexity index is 159. The van der Waals surface area contributed by atoms with Crippen molar-refractivity contribution in [2.24, 2.45) is 0 Å². The number of rotatable bonds is 3. The van der Waals surface area contributed by atoms with E-state index in [1.165, 1.54) is 0 Å². The van der Waals surface area contributed by atoms with Crippen LogP contribution in [0.5, 0.6) is 0 Å². The van der Waals surface area contributed by atoms with Crippen LogP contribution in [-0.4, -0.2) is 48.1 Å². The summed E-state index contributed by atoms with van der Waals surface area (Å²) in [5.74, 6) is 0. The Labute approximate surface area is 84.3 Å². The van der Waals surface area contributed by atoms with Crippen LogP contribution in [0.2, 0.25) is 0 Å². The first-order valence-electron chi connectivity index (χ1n) is 5.58. The Balaban J connectivity index is 1.85. The van der Waals surface area contributed by atoms with Crippen LogP contribution in [0.15, 0.2) is 0 Å². The highest BCUT2D eigenvalue weighted by atomic mass is 19.1. The van der Waals surface area contributed by atoms with Crippen molar-refractivity contribution in [3.63, 3.8) is 0 Å². The van der Waals surface area contributed by atoms with Crippen molar-refractivity contribution in [2.75, 3.05) is 19.6 Å². The van der Waals surface area contributed by atoms with Crippen molar-refractivity contribution in [2.45, 2.75) is 44.1 Å². The van der Waals surface area contributed by atoms with E-state index < -0.39 is 12.4 Å². The topological polar surface area (TPSA) is 35.5 Å². The van der Waals surface area contributed by atoms with E-state index in [1.54, 1.807) is 4.90 Å². The minimum atomic E-state index is -1.17. The fraction of sp³-hybridized carbons (Fsp3) is 1.00. The normalized spacial score (nSPS) is 33.4. The summed E-state index contributed by atoms with van der Waals surface area (Å²) in [6.07, 6.45) is 2.05. The largest absolute Gasteiger partial charge is 0.387 e. The van der Waals surface area contributed by atoms with Crippen LogP contribution in [0, 0.1) is 0 Å². The van der Waals surface area contributed by atoms with E-state index in [2.05, 4.69) is 5.32 Å². The molecule has 2 saturated heterocycles. The SMILES string of the molecule is OC([C@@H]1CCCN1)[C@H](F)N1CCCC1. The third-order valence-corrected chi connectivity index (χ3v) is 3.28. The van der Waals surface area contributed by atoms with E-state index in [-0.39, 0.29) is 6.04 Å². The standard InChI is InChI=1S/C10H19FN2O/c11-10(13-6-1-2-7-13)9(14)8-4-3-5-12-8/h8-10,12,14H,1-7H2/t8-,9?,10+/m0/s1. The lowest BCUT2D eigenvalue weighted by Crippen LogP contribution is -2.48. The second kappa shape index (κ2) is 4.55. The molecule has 4 heteroatoms. The molecule has 3 atom stereocenters. The van der Waals surface area contributed by atoms with Gasteiger partial charge in [0.05, 0.1) is 0 Å². The van der Waals surface area contributed by atoms with Gasteiger partial charge in [-0.3, -0.25) is 4.90 Å². The summed E-state index contributed by atoms with van der Waals surface area (Å²) in [5.41, 5.74) is 0. The molecule has 2 fully saturated rings. The molecular weight excluding hydrogens is 183 g/mol. The maximum Gasteiger partial charge on any atom is 0.181 e. The molecule has 0 spiro atoms. The number of alkyl halides is 1. The summed E-state index contributed by atoms with van der Waals surface area (Å²) >= 11 is 0. The van der Waals surface area contributed by atoms with Gasteiger partial charge >= 0.3 is 0 Å². The molecule has 2 rings (SSSR count). The Hall–Kier alpha value is -0.190. The minimum absolute atomic E-state index is 0.0365. The van der Waals surface area contributed by atoms with E-state index in [9.17, 15) is 9.50 Å². The van der Waals surface area contributed by atoms with Gasteiger partial charge in [0.1, 0.15) is 6.10 Å². The molecule has 2 N–H and O–H groups in total. The molecule has 0 aliphatic carbocycles. The first-order chi connectivity index (χ1) is 6.79. The maximum atomic E-state index is 13.8. The zero-order valence-corrected chi connectivity index (χ0v) is 8.45. The van der Waals surface area contributed by atoms with Gasteiger partial charge in [-0.1, -0.05) is 0 Å². The first-order valence-corrected chi connectivity index (χ1v) is 5.58. The Morgan fingerprint density at radius 2 is 2.00 bits per heavy atom. The number of halogens is 1. The van der Waals surface area contributed by atoms with Gasteiger partial charge in [-0.15, -0.1) is 0 Å². The van der Waals surface area contributed by atoms with Crippen LogP contribution >= 0.6 is 0 Å². The van der Waals surface area contributed by atoms with Gasteiger partial charge in [-0.05, 0) is 32.2 Å². The monoisotopic (exact) mass is 202 g/mol. The highest BCUT2D eigenvalue weighted by Gasteiger charge is 2.34. The number of nitrogens with zero attached hydrogens (tertiary/aromatic N) is 1. The number of likely N-dealkylation sites (tertiary alicyclic amines) is 1. The van der Waals surface area contributed by atoms with Crippen molar-refractivity contribution in [3.05, 3.63) is 0 Å². The summed E-state index contributed by atoms with van der Waals surface area (Å²) in [6, 6.07) is -0.0365. The van der Waals surface area contributed by atoms with Gasteiger partial charge in [-0.2, -0.15) is 0 Å². The summed E-state index contributed by atoms with van der Waals surface area (Å²) in [6.45, 7) is 2.50. The summed E-state index contributed by atoms with van der Waals surface area (Å²) in [5, 5.41) is 12.9. The third kappa shape index (κ3) is 2.07. The van der Waals surface area contributed by atoms with Crippen LogP contribution < -0.4 is 5.32 Å². The van der Waals surface area contributed by atoms with Gasteiger partial charge in [0.2, 0.25) is 0 Å². The molecule has 0 aromatic rings. The predicted octanol–water partition coefficient (Wildman–Crippen LogP) is 0.491. The molecular formula is C10H19FN2O. The van der Waals surface area contributed by atoms with Crippen molar-refractivity contribution < 1.29 is 9.50 Å². The van der Waals surface area contributed by atoms with Gasteiger partial charge < -0.3 is 10.4 Å². The van der Waals surface area contributed by atoms with E-state index in [1.807, 2.05) is 0 Å². The second-order valence-electron chi connectivity index (χ2n) is 4.31. The molecule has 0 aromatic heterocycles. The van der Waals surface area contributed by atoms with E-state index >= 15 is 0 Å². The molecule has 1 unspecified atom stereocenters. The number of hydrogen-bond acceptors (Lipinski definition) is 3. The Morgan fingerprint density at radius 1 is 1.29 bits per heavy atom. The van der Waals surface area contributed by atoms with E-state index in [4.69, 9.17) is 0 Å². The van der Waals surface area contributed by atoms with Crippen LogP contribution in [0.4, 0.5) is 4.39 Å². The highest BCUT2D eigenvalue weighted by Crippen LogP contribution is 2.20. The van der Waals surface area contributed by atoms with Crippen molar-refractivity contribution >= 4 is 0 Å². The molecule has 3 nitrogen and oxygen atoms in total. The molecule has 0 amide bonds. The van der Waals surface area contributed by atoms with Gasteiger partial charge in [0.15, 0.2) is 6.30 Å². The highest BCUT2D eigenvalue weighted by molar-refractivity contribution is 4.87. The van der Waals surface area contributed by atoms with Crippen molar-refractivity contribution in [1.29, 1.82) is 0 Å². The summed E-state index contributed by atoms with van der Waals surface area (Å²) in [7, 11) is 0. The lowest BCUT2D eigenvalue weighted by Gasteiger charge is -2.28. The van der Waals surface area contributed by atoms with Crippen LogP contribution in [0.1, 0.15) is 25.7 Å². The average Bonchev–Trinajstić information content (AvgIpc) is 2.87. The molecule has 0 saturated carbocycles. The summed E-state index contributed by atoms with van der Waals surface area (Å²) in [4.78, 5) is 1.75. The fourth-order valence-corrected chi connectivity index (χ4v) is 2.40. The smallest absolute Gasteiger partial charge is 0.181 e. The lowest BCUT2D eigenvalue weighted by atomic mass is 10.1. The Kier molecular flexibility index (Phi) is 3.36. The van der Waals surface area contributed by atoms with Gasteiger partial charge in [-0.25, -0.2) is 4.39 Å². The number of hydrogen-bond donors (Lipinski definition) is 2. The van der Waals surface area contributed by atoms with Crippen molar-refractivity contribution in [1.82, 2.24) is 10.2 Å². The van der Waals surface area contributed by atoms with E-state index in [0.717, 1.165) is 45.3 Å². The molecule has 2 aliphatic heterocycles. The maximum absolute atomic E-state index is 13.8. The fourth-order valence-electron chi connectivity index (χ4n) is 2.40. The number of aliphatic hydroxyl groups excluding tert-OH is 1. The summed E-state index contributed by atoms with van der Waals surface area (Å²) < 4.78 is 13.8. The van der Waals surface area contributed by atoms with Crippen LogP contribution in [-0.2, 0) is 0 Å². The second-order valence-corrected chi connectivity index (χ2v) is 4.31. The zero-order chi connectivity index (χ0) is 9.97. The number of nitrogens with one attached hydrogen (secondary N) is 1. The molecule has 2 heterocycles. The van der Waals surface area contributed by atoms with Crippen LogP contribution in [0.25, 0.3) is 0 Å². The third-order valence-electron chi connectivity index (χ3n) is 3.28. The quantitative estimate of drug-likeness (QED) is 0.654.